The van der Waals surface area contributed by atoms with Crippen molar-refractivity contribution in [3.63, 3.8) is 0 Å². The third kappa shape index (κ3) is 2.78. The van der Waals surface area contributed by atoms with Crippen molar-refractivity contribution in [3.8, 4) is 0 Å². The van der Waals surface area contributed by atoms with Gasteiger partial charge in [-0.3, -0.25) is 0 Å². The van der Waals surface area contributed by atoms with Crippen LogP contribution in [0.25, 0.3) is 0 Å². The van der Waals surface area contributed by atoms with Crippen LogP contribution in [-0.2, 0) is 17.8 Å². The first-order valence-corrected chi connectivity index (χ1v) is 6.98. The van der Waals surface area contributed by atoms with Gasteiger partial charge in [-0.1, -0.05) is 18.2 Å². The molecule has 5 heteroatoms. The second-order valence-corrected chi connectivity index (χ2v) is 4.98. The number of benzene rings is 1. The summed E-state index contributed by atoms with van der Waals surface area (Å²) in [5.74, 6) is 0.276. The van der Waals surface area contributed by atoms with Gasteiger partial charge in [-0.05, 0) is 17.7 Å². The maximum Gasteiger partial charge on any atom is 0.341 e. The molecule has 2 heterocycles. The maximum atomic E-state index is 11.7. The van der Waals surface area contributed by atoms with Crippen molar-refractivity contribution in [2.75, 3.05) is 25.1 Å². The number of methoxy groups -OCH3 is 1. The molecule has 110 valence electrons. The van der Waals surface area contributed by atoms with Gasteiger partial charge < -0.3 is 19.4 Å². The van der Waals surface area contributed by atoms with Gasteiger partial charge in [-0.15, -0.1) is 0 Å². The van der Waals surface area contributed by atoms with Crippen molar-refractivity contribution in [1.29, 1.82) is 0 Å². The van der Waals surface area contributed by atoms with Crippen molar-refractivity contribution >= 4 is 11.7 Å². The van der Waals surface area contributed by atoms with Crippen molar-refractivity contribution in [1.82, 2.24) is 5.32 Å². The highest BCUT2D eigenvalue weighted by molar-refractivity contribution is 5.90. The average Bonchev–Trinajstić information content (AvgIpc) is 2.88. The molecule has 0 amide bonds. The molecule has 0 saturated carbocycles. The van der Waals surface area contributed by atoms with E-state index in [4.69, 9.17) is 9.15 Å². The van der Waals surface area contributed by atoms with Gasteiger partial charge in [0.25, 0.3) is 0 Å². The lowest BCUT2D eigenvalue weighted by atomic mass is 10.1. The second kappa shape index (κ2) is 6.01. The number of rotatable bonds is 3. The Morgan fingerprint density at radius 3 is 3.10 bits per heavy atom. The number of ether oxygens (including phenoxy) is 1. The number of carbonyl (C=O) groups is 1. The third-order valence-electron chi connectivity index (χ3n) is 3.69. The minimum atomic E-state index is -0.361. The smallest absolute Gasteiger partial charge is 0.341 e. The van der Waals surface area contributed by atoms with Gasteiger partial charge in [0.05, 0.1) is 19.9 Å². The number of fused-ring (bicyclic) bond motifs is 1. The molecule has 0 bridgehead atoms. The van der Waals surface area contributed by atoms with E-state index in [2.05, 4.69) is 22.3 Å². The van der Waals surface area contributed by atoms with E-state index in [1.807, 2.05) is 12.1 Å². The van der Waals surface area contributed by atoms with E-state index in [1.54, 1.807) is 6.07 Å². The fourth-order valence-electron chi connectivity index (χ4n) is 2.62. The highest BCUT2D eigenvalue weighted by atomic mass is 16.5. The Hall–Kier alpha value is -2.27. The van der Waals surface area contributed by atoms with Crippen molar-refractivity contribution < 1.29 is 13.9 Å². The number of anilines is 1. The molecular weight excluding hydrogens is 268 g/mol. The highest BCUT2D eigenvalue weighted by Crippen LogP contribution is 2.25. The van der Waals surface area contributed by atoms with E-state index in [0.29, 0.717) is 17.9 Å². The molecule has 5 nitrogen and oxygen atoms in total. The summed E-state index contributed by atoms with van der Waals surface area (Å²) in [4.78, 5) is 14.0. The molecule has 1 N–H and O–H groups in total. The number of carbonyl (C=O) groups excluding carboxylic acids is 1. The first-order chi connectivity index (χ1) is 10.3. The standard InChI is InChI=1S/C16H18N2O3/c1-20-16(19)13-6-9-21-15(13)11-18-8-7-17-10-12-4-2-3-5-14(12)18/h2-6,9,17H,7-8,10-11H2,1H3. The van der Waals surface area contributed by atoms with Crippen molar-refractivity contribution in [2.24, 2.45) is 0 Å². The number of hydrogen-bond donors (Lipinski definition) is 1. The number of nitrogens with zero attached hydrogens (tertiary/aromatic N) is 1. The number of furan rings is 1. The Kier molecular flexibility index (Phi) is 3.92. The summed E-state index contributed by atoms with van der Waals surface area (Å²) in [7, 11) is 1.38. The molecule has 21 heavy (non-hydrogen) atoms. The topological polar surface area (TPSA) is 54.7 Å². The van der Waals surface area contributed by atoms with Crippen LogP contribution in [0.4, 0.5) is 5.69 Å². The van der Waals surface area contributed by atoms with Gasteiger partial charge in [0.15, 0.2) is 0 Å². The van der Waals surface area contributed by atoms with Crippen LogP contribution in [0, 0.1) is 0 Å². The molecule has 1 aromatic heterocycles. The SMILES string of the molecule is COC(=O)c1ccoc1CN1CCNCc2ccccc21. The lowest BCUT2D eigenvalue weighted by molar-refractivity contribution is 0.0598. The largest absolute Gasteiger partial charge is 0.467 e. The lowest BCUT2D eigenvalue weighted by Gasteiger charge is -2.23. The Morgan fingerprint density at radius 2 is 2.24 bits per heavy atom. The Bertz CT molecular complexity index is 636. The fraction of sp³-hybridized carbons (Fsp3) is 0.312. The molecule has 0 aliphatic carbocycles. The number of nitrogens with one attached hydrogen (secondary N) is 1. The van der Waals surface area contributed by atoms with Crippen LogP contribution in [0.2, 0.25) is 0 Å². The van der Waals surface area contributed by atoms with Crippen LogP contribution in [0.5, 0.6) is 0 Å². The summed E-state index contributed by atoms with van der Waals surface area (Å²) < 4.78 is 10.3. The zero-order chi connectivity index (χ0) is 14.7. The van der Waals surface area contributed by atoms with Crippen LogP contribution >= 0.6 is 0 Å². The highest BCUT2D eigenvalue weighted by Gasteiger charge is 2.20. The number of para-hydroxylation sites is 1. The molecule has 0 spiro atoms. The lowest BCUT2D eigenvalue weighted by Crippen LogP contribution is -2.28. The first kappa shape index (κ1) is 13.7. The predicted molar refractivity (Wildman–Crippen MR) is 79.2 cm³/mol. The second-order valence-electron chi connectivity index (χ2n) is 4.98. The quantitative estimate of drug-likeness (QED) is 0.876. The molecule has 0 unspecified atom stereocenters. The third-order valence-corrected chi connectivity index (χ3v) is 3.69. The fourth-order valence-corrected chi connectivity index (χ4v) is 2.62. The van der Waals surface area contributed by atoms with Crippen LogP contribution in [0.15, 0.2) is 41.0 Å². The molecule has 1 aromatic carbocycles. The monoisotopic (exact) mass is 286 g/mol. The minimum absolute atomic E-state index is 0.361. The molecule has 1 aliphatic heterocycles. The van der Waals surface area contributed by atoms with E-state index in [9.17, 15) is 4.79 Å². The van der Waals surface area contributed by atoms with E-state index in [-0.39, 0.29) is 5.97 Å². The van der Waals surface area contributed by atoms with Gasteiger partial charge in [-0.2, -0.15) is 0 Å². The van der Waals surface area contributed by atoms with Crippen molar-refractivity contribution in [3.05, 3.63) is 53.5 Å². The zero-order valence-corrected chi connectivity index (χ0v) is 12.0. The van der Waals surface area contributed by atoms with Crippen LogP contribution in [0.3, 0.4) is 0 Å². The van der Waals surface area contributed by atoms with Gasteiger partial charge >= 0.3 is 5.97 Å². The minimum Gasteiger partial charge on any atom is -0.467 e. The number of hydrogen-bond acceptors (Lipinski definition) is 5. The van der Waals surface area contributed by atoms with Crippen LogP contribution in [0.1, 0.15) is 21.7 Å². The van der Waals surface area contributed by atoms with Crippen LogP contribution < -0.4 is 10.2 Å². The van der Waals surface area contributed by atoms with Gasteiger partial charge in [0, 0.05) is 25.3 Å². The van der Waals surface area contributed by atoms with E-state index < -0.39 is 0 Å². The molecule has 0 atom stereocenters. The summed E-state index contributed by atoms with van der Waals surface area (Å²) in [5, 5.41) is 3.40. The van der Waals surface area contributed by atoms with Gasteiger partial charge in [0.1, 0.15) is 11.3 Å². The molecule has 0 saturated heterocycles. The molecule has 2 aromatic rings. The van der Waals surface area contributed by atoms with Crippen molar-refractivity contribution in [2.45, 2.75) is 13.1 Å². The Morgan fingerprint density at radius 1 is 1.38 bits per heavy atom. The summed E-state index contributed by atoms with van der Waals surface area (Å²) in [5.41, 5.74) is 2.92. The summed E-state index contributed by atoms with van der Waals surface area (Å²) in [6.07, 6.45) is 1.53. The average molecular weight is 286 g/mol. The molecule has 0 radical (unpaired) electrons. The Labute approximate surface area is 123 Å². The normalized spacial score (nSPS) is 14.4. The van der Waals surface area contributed by atoms with Gasteiger partial charge in [0.2, 0.25) is 0 Å². The molecule has 3 rings (SSSR count). The predicted octanol–water partition coefficient (Wildman–Crippen LogP) is 2.18. The summed E-state index contributed by atoms with van der Waals surface area (Å²) >= 11 is 0. The van der Waals surface area contributed by atoms with E-state index in [1.165, 1.54) is 24.6 Å². The molecular formula is C16H18N2O3. The molecule has 1 aliphatic rings. The van der Waals surface area contributed by atoms with E-state index in [0.717, 1.165) is 19.6 Å². The van der Waals surface area contributed by atoms with Crippen LogP contribution in [-0.4, -0.2) is 26.2 Å². The first-order valence-electron chi connectivity index (χ1n) is 6.98. The number of esters is 1. The zero-order valence-electron chi connectivity index (χ0n) is 12.0. The van der Waals surface area contributed by atoms with Gasteiger partial charge in [-0.25, -0.2) is 4.79 Å². The summed E-state index contributed by atoms with van der Waals surface area (Å²) in [6, 6.07) is 9.94. The molecule has 0 fully saturated rings. The maximum absolute atomic E-state index is 11.7. The summed E-state index contributed by atoms with van der Waals surface area (Å²) in [6.45, 7) is 3.16. The Balaban J connectivity index is 1.88. The van der Waals surface area contributed by atoms with E-state index >= 15 is 0 Å².